The lowest BCUT2D eigenvalue weighted by Crippen LogP contribution is -2.12. The number of pyridine rings is 2. The maximum Gasteiger partial charge on any atom is 0.144 e. The lowest BCUT2D eigenvalue weighted by molar-refractivity contribution is 0.670. The van der Waals surface area contributed by atoms with E-state index in [2.05, 4.69) is 125 Å². The molecule has 5 nitrogen and oxygen atoms in total. The Morgan fingerprint density at radius 3 is 2.18 bits per heavy atom. The van der Waals surface area contributed by atoms with Crippen LogP contribution in [0.25, 0.3) is 60.8 Å². The molecule has 212 valence electrons. The predicted octanol–water partition coefficient (Wildman–Crippen LogP) is 10.6. The van der Waals surface area contributed by atoms with Gasteiger partial charge in [-0.15, -0.1) is 0 Å². The van der Waals surface area contributed by atoms with E-state index >= 15 is 0 Å². The number of furan rings is 1. The van der Waals surface area contributed by atoms with Crippen molar-refractivity contribution in [2.24, 2.45) is 0 Å². The fourth-order valence-electron chi connectivity index (χ4n) is 6.47. The molecule has 0 N–H and O–H groups in total. The minimum Gasteiger partial charge on any atom is -0.455 e. The summed E-state index contributed by atoms with van der Waals surface area (Å²) in [5.74, 6) is 1.69. The predicted molar refractivity (Wildman–Crippen MR) is 184 cm³/mol. The van der Waals surface area contributed by atoms with Gasteiger partial charge in [-0.1, -0.05) is 84.9 Å². The fourth-order valence-corrected chi connectivity index (χ4v) is 6.47. The summed E-state index contributed by atoms with van der Waals surface area (Å²) in [6.07, 6.45) is 1.84. The average Bonchev–Trinajstić information content (AvgIpc) is 3.65. The topological polar surface area (TPSA) is 47.1 Å². The first-order valence-electron chi connectivity index (χ1n) is 15.0. The Hall–Kier alpha value is -6.20. The maximum atomic E-state index is 6.38. The van der Waals surface area contributed by atoms with Crippen LogP contribution < -0.4 is 4.90 Å². The minimum atomic E-state index is 0.812. The van der Waals surface area contributed by atoms with Crippen LogP contribution in [0.4, 0.5) is 17.2 Å². The van der Waals surface area contributed by atoms with Crippen LogP contribution in [0.3, 0.4) is 0 Å². The maximum absolute atomic E-state index is 6.38. The van der Waals surface area contributed by atoms with Gasteiger partial charge < -0.3 is 4.42 Å². The first-order valence-corrected chi connectivity index (χ1v) is 15.0. The van der Waals surface area contributed by atoms with E-state index in [0.29, 0.717) is 0 Å². The number of hydrogen-bond acceptors (Lipinski definition) is 4. The van der Waals surface area contributed by atoms with Gasteiger partial charge in [0.05, 0.1) is 16.7 Å². The molecule has 0 amide bonds. The number of para-hydroxylation sites is 4. The highest BCUT2D eigenvalue weighted by Crippen LogP contribution is 2.40. The third-order valence-corrected chi connectivity index (χ3v) is 8.45. The van der Waals surface area contributed by atoms with Gasteiger partial charge in [-0.2, -0.15) is 0 Å². The van der Waals surface area contributed by atoms with E-state index in [0.717, 1.165) is 67.2 Å². The van der Waals surface area contributed by atoms with Crippen LogP contribution in [0, 0.1) is 0 Å². The van der Waals surface area contributed by atoms with Crippen molar-refractivity contribution in [1.29, 1.82) is 0 Å². The van der Waals surface area contributed by atoms with Crippen LogP contribution in [-0.2, 0) is 0 Å². The molecule has 0 spiro atoms. The molecule has 0 aliphatic rings. The molecule has 0 atom stereocenters. The Balaban J connectivity index is 1.26. The van der Waals surface area contributed by atoms with Crippen molar-refractivity contribution in [2.45, 2.75) is 0 Å². The van der Waals surface area contributed by atoms with Gasteiger partial charge in [-0.05, 0) is 66.7 Å². The fraction of sp³-hybridized carbons (Fsp3) is 0. The van der Waals surface area contributed by atoms with Crippen LogP contribution in [-0.4, -0.2) is 14.5 Å². The molecule has 0 radical (unpaired) electrons. The molecule has 4 aromatic heterocycles. The molecule has 4 heterocycles. The SMILES string of the molecule is c1ccc(N(c2ccc3c4ccccc4n(-c4ccccn4)c3c2)c2cccc(-c3cccc4c3oc3ccccc34)n2)cc1. The molecule has 0 unspecified atom stereocenters. The summed E-state index contributed by atoms with van der Waals surface area (Å²) in [7, 11) is 0. The highest BCUT2D eigenvalue weighted by Gasteiger charge is 2.20. The summed E-state index contributed by atoms with van der Waals surface area (Å²) in [4.78, 5) is 12.2. The summed E-state index contributed by atoms with van der Waals surface area (Å²) >= 11 is 0. The molecular formula is C40H26N4O. The molecular weight excluding hydrogens is 552 g/mol. The van der Waals surface area contributed by atoms with E-state index in [1.54, 1.807) is 0 Å². The summed E-state index contributed by atoms with van der Waals surface area (Å²) < 4.78 is 8.62. The minimum absolute atomic E-state index is 0.812. The number of rotatable bonds is 5. The normalized spacial score (nSPS) is 11.6. The van der Waals surface area contributed by atoms with Crippen molar-refractivity contribution in [3.05, 3.63) is 158 Å². The first-order chi connectivity index (χ1) is 22.3. The molecule has 0 fully saturated rings. The quantitative estimate of drug-likeness (QED) is 0.204. The van der Waals surface area contributed by atoms with Gasteiger partial charge >= 0.3 is 0 Å². The second kappa shape index (κ2) is 10.2. The number of hydrogen-bond donors (Lipinski definition) is 0. The average molecular weight is 579 g/mol. The van der Waals surface area contributed by atoms with Gasteiger partial charge in [0.1, 0.15) is 22.8 Å². The Morgan fingerprint density at radius 1 is 0.533 bits per heavy atom. The highest BCUT2D eigenvalue weighted by atomic mass is 16.3. The Labute approximate surface area is 259 Å². The molecule has 5 aromatic carbocycles. The third-order valence-electron chi connectivity index (χ3n) is 8.45. The van der Waals surface area contributed by atoms with E-state index in [1.165, 1.54) is 10.8 Å². The molecule has 45 heavy (non-hydrogen) atoms. The molecule has 0 aliphatic carbocycles. The van der Waals surface area contributed by atoms with Gasteiger partial charge in [0.15, 0.2) is 0 Å². The van der Waals surface area contributed by atoms with Crippen molar-refractivity contribution < 1.29 is 4.42 Å². The zero-order chi connectivity index (χ0) is 29.7. The van der Waals surface area contributed by atoms with Gasteiger partial charge in [-0.25, -0.2) is 9.97 Å². The smallest absolute Gasteiger partial charge is 0.144 e. The zero-order valence-electron chi connectivity index (χ0n) is 24.2. The second-order valence-corrected chi connectivity index (χ2v) is 11.1. The number of benzene rings is 5. The number of nitrogens with zero attached hydrogens (tertiary/aromatic N) is 4. The Kier molecular flexibility index (Phi) is 5.74. The molecule has 9 rings (SSSR count). The Bertz CT molecular complexity index is 2500. The lowest BCUT2D eigenvalue weighted by atomic mass is 10.1. The largest absolute Gasteiger partial charge is 0.455 e. The molecule has 0 saturated heterocycles. The second-order valence-electron chi connectivity index (χ2n) is 11.1. The van der Waals surface area contributed by atoms with Crippen molar-refractivity contribution >= 4 is 60.9 Å². The number of fused-ring (bicyclic) bond motifs is 6. The van der Waals surface area contributed by atoms with Crippen LogP contribution >= 0.6 is 0 Å². The van der Waals surface area contributed by atoms with E-state index in [4.69, 9.17) is 14.4 Å². The van der Waals surface area contributed by atoms with Crippen LogP contribution in [0.1, 0.15) is 0 Å². The highest BCUT2D eigenvalue weighted by molar-refractivity contribution is 6.11. The van der Waals surface area contributed by atoms with Crippen molar-refractivity contribution in [1.82, 2.24) is 14.5 Å². The molecule has 0 bridgehead atoms. The van der Waals surface area contributed by atoms with Gasteiger partial charge in [0.2, 0.25) is 0 Å². The standard InChI is InChI=1S/C40H26N4O/c1-2-12-27(13-3-1)43(28-23-24-30-29-14-4-6-19-35(29)44(36(30)26-28)38-21-8-9-25-41-38)39-22-11-18-34(42-39)33-17-10-16-32-31-15-5-7-20-37(31)45-40(32)33/h1-26H. The molecule has 9 aromatic rings. The van der Waals surface area contributed by atoms with Gasteiger partial charge in [0, 0.05) is 44.7 Å². The summed E-state index contributed by atoms with van der Waals surface area (Å²) in [6, 6.07) is 52.2. The third kappa shape index (κ3) is 4.09. The van der Waals surface area contributed by atoms with E-state index in [-0.39, 0.29) is 0 Å². The molecule has 0 aliphatic heterocycles. The summed E-state index contributed by atoms with van der Waals surface area (Å²) in [6.45, 7) is 0. The van der Waals surface area contributed by atoms with Crippen LogP contribution in [0.5, 0.6) is 0 Å². The van der Waals surface area contributed by atoms with E-state index in [9.17, 15) is 0 Å². The number of aromatic nitrogens is 3. The number of anilines is 3. The summed E-state index contributed by atoms with van der Waals surface area (Å²) in [5.41, 5.74) is 7.75. The van der Waals surface area contributed by atoms with E-state index in [1.807, 2.05) is 42.6 Å². The van der Waals surface area contributed by atoms with Crippen molar-refractivity contribution in [3.8, 4) is 17.1 Å². The van der Waals surface area contributed by atoms with Crippen molar-refractivity contribution in [2.75, 3.05) is 4.90 Å². The van der Waals surface area contributed by atoms with E-state index < -0.39 is 0 Å². The first kappa shape index (κ1) is 25.3. The van der Waals surface area contributed by atoms with Gasteiger partial charge in [-0.3, -0.25) is 9.47 Å². The molecule has 5 heteroatoms. The van der Waals surface area contributed by atoms with Crippen LogP contribution in [0.2, 0.25) is 0 Å². The Morgan fingerprint density at radius 2 is 1.29 bits per heavy atom. The monoisotopic (exact) mass is 578 g/mol. The van der Waals surface area contributed by atoms with Crippen LogP contribution in [0.15, 0.2) is 162 Å². The summed E-state index contributed by atoms with van der Waals surface area (Å²) in [5, 5.41) is 4.55. The molecule has 0 saturated carbocycles. The zero-order valence-corrected chi connectivity index (χ0v) is 24.2. The van der Waals surface area contributed by atoms with Gasteiger partial charge in [0.25, 0.3) is 0 Å². The lowest BCUT2D eigenvalue weighted by Gasteiger charge is -2.25. The van der Waals surface area contributed by atoms with Crippen molar-refractivity contribution in [3.63, 3.8) is 0 Å².